The highest BCUT2D eigenvalue weighted by Gasteiger charge is 2.12. The SMILES string of the molecule is O=C(Nc1ccc(-c2nc3ccccc3[nH]2)cc1)c1cc(-c2ccncc2)n[nH]1. The summed E-state index contributed by atoms with van der Waals surface area (Å²) in [6.07, 6.45) is 3.38. The number of amides is 1. The molecule has 0 saturated carbocycles. The van der Waals surface area contributed by atoms with Crippen LogP contribution >= 0.6 is 0 Å². The van der Waals surface area contributed by atoms with Gasteiger partial charge in [-0.25, -0.2) is 4.98 Å². The van der Waals surface area contributed by atoms with Gasteiger partial charge in [0.15, 0.2) is 0 Å². The number of rotatable bonds is 4. The van der Waals surface area contributed by atoms with Crippen molar-refractivity contribution in [2.45, 2.75) is 0 Å². The monoisotopic (exact) mass is 380 g/mol. The second-order valence-corrected chi connectivity index (χ2v) is 6.54. The quantitative estimate of drug-likeness (QED) is 0.434. The molecular weight excluding hydrogens is 364 g/mol. The molecular formula is C22H16N6O. The highest BCUT2D eigenvalue weighted by molar-refractivity contribution is 6.03. The van der Waals surface area contributed by atoms with Gasteiger partial charge in [-0.1, -0.05) is 12.1 Å². The van der Waals surface area contributed by atoms with Crippen LogP contribution < -0.4 is 5.32 Å². The molecule has 0 bridgehead atoms. The molecule has 0 unspecified atom stereocenters. The minimum Gasteiger partial charge on any atom is -0.338 e. The van der Waals surface area contributed by atoms with Crippen molar-refractivity contribution >= 4 is 22.6 Å². The number of hydrogen-bond acceptors (Lipinski definition) is 4. The second-order valence-electron chi connectivity index (χ2n) is 6.54. The highest BCUT2D eigenvalue weighted by Crippen LogP contribution is 2.22. The highest BCUT2D eigenvalue weighted by atomic mass is 16.1. The van der Waals surface area contributed by atoms with E-state index in [2.05, 4.69) is 30.5 Å². The lowest BCUT2D eigenvalue weighted by molar-refractivity contribution is 0.102. The van der Waals surface area contributed by atoms with E-state index in [1.807, 2.05) is 60.7 Å². The van der Waals surface area contributed by atoms with Gasteiger partial charge in [0.2, 0.25) is 0 Å². The lowest BCUT2D eigenvalue weighted by Gasteiger charge is -2.04. The molecule has 0 atom stereocenters. The predicted molar refractivity (Wildman–Crippen MR) is 111 cm³/mol. The van der Waals surface area contributed by atoms with Crippen molar-refractivity contribution < 1.29 is 4.79 Å². The fraction of sp³-hybridized carbons (Fsp3) is 0. The summed E-state index contributed by atoms with van der Waals surface area (Å²) in [5, 5.41) is 9.85. The van der Waals surface area contributed by atoms with Crippen LogP contribution in [0.4, 0.5) is 5.69 Å². The molecule has 7 nitrogen and oxygen atoms in total. The van der Waals surface area contributed by atoms with Crippen LogP contribution in [0.2, 0.25) is 0 Å². The number of fused-ring (bicyclic) bond motifs is 1. The first kappa shape index (κ1) is 16.9. The van der Waals surface area contributed by atoms with Gasteiger partial charge < -0.3 is 10.3 Å². The van der Waals surface area contributed by atoms with Crippen LogP contribution in [0.25, 0.3) is 33.7 Å². The molecule has 7 heteroatoms. The first-order valence-corrected chi connectivity index (χ1v) is 9.09. The van der Waals surface area contributed by atoms with Crippen molar-refractivity contribution in [3.63, 3.8) is 0 Å². The molecule has 29 heavy (non-hydrogen) atoms. The molecule has 0 radical (unpaired) electrons. The van der Waals surface area contributed by atoms with Crippen LogP contribution in [-0.4, -0.2) is 31.1 Å². The standard InChI is InChI=1S/C22H16N6O/c29-22(20-13-19(27-28-20)14-9-11-23-12-10-14)24-16-7-5-15(6-8-16)21-25-17-3-1-2-4-18(17)26-21/h1-13H,(H,24,29)(H,25,26)(H,27,28). The number of nitrogens with one attached hydrogen (secondary N) is 3. The first-order chi connectivity index (χ1) is 14.3. The average Bonchev–Trinajstić information content (AvgIpc) is 3.42. The molecule has 5 aromatic rings. The van der Waals surface area contributed by atoms with E-state index in [9.17, 15) is 4.79 Å². The molecule has 140 valence electrons. The smallest absolute Gasteiger partial charge is 0.273 e. The van der Waals surface area contributed by atoms with Gasteiger partial charge in [-0.3, -0.25) is 14.9 Å². The van der Waals surface area contributed by atoms with Gasteiger partial charge in [-0.2, -0.15) is 5.10 Å². The largest absolute Gasteiger partial charge is 0.338 e. The van der Waals surface area contributed by atoms with Crippen LogP contribution in [0.1, 0.15) is 10.5 Å². The number of nitrogens with zero attached hydrogens (tertiary/aromatic N) is 3. The van der Waals surface area contributed by atoms with Crippen molar-refractivity contribution in [2.75, 3.05) is 5.32 Å². The van der Waals surface area contributed by atoms with E-state index in [1.54, 1.807) is 18.5 Å². The van der Waals surface area contributed by atoms with Gasteiger partial charge >= 0.3 is 0 Å². The number of hydrogen-bond donors (Lipinski definition) is 3. The number of H-pyrrole nitrogens is 2. The molecule has 3 aromatic heterocycles. The Balaban J connectivity index is 1.32. The summed E-state index contributed by atoms with van der Waals surface area (Å²) in [6, 6.07) is 20.8. The summed E-state index contributed by atoms with van der Waals surface area (Å²) in [4.78, 5) is 24.4. The summed E-state index contributed by atoms with van der Waals surface area (Å²) in [7, 11) is 0. The zero-order valence-electron chi connectivity index (χ0n) is 15.3. The molecule has 3 N–H and O–H groups in total. The number of aromatic amines is 2. The van der Waals surface area contributed by atoms with Crippen molar-refractivity contribution in [3.8, 4) is 22.6 Å². The van der Waals surface area contributed by atoms with Crippen molar-refractivity contribution in [1.29, 1.82) is 0 Å². The van der Waals surface area contributed by atoms with E-state index >= 15 is 0 Å². The second kappa shape index (κ2) is 7.05. The maximum Gasteiger partial charge on any atom is 0.273 e. The molecule has 0 aliphatic heterocycles. The van der Waals surface area contributed by atoms with Gasteiger partial charge in [-0.15, -0.1) is 0 Å². The van der Waals surface area contributed by atoms with Crippen molar-refractivity contribution in [2.24, 2.45) is 0 Å². The minimum absolute atomic E-state index is 0.255. The van der Waals surface area contributed by atoms with Crippen LogP contribution in [0.3, 0.4) is 0 Å². The Morgan fingerprint density at radius 1 is 0.897 bits per heavy atom. The number of pyridine rings is 1. The van der Waals surface area contributed by atoms with Gasteiger partial charge in [0.05, 0.1) is 16.7 Å². The maximum absolute atomic E-state index is 12.5. The van der Waals surface area contributed by atoms with E-state index in [1.165, 1.54) is 0 Å². The van der Waals surface area contributed by atoms with Crippen LogP contribution in [0, 0.1) is 0 Å². The van der Waals surface area contributed by atoms with Gasteiger partial charge in [0, 0.05) is 29.2 Å². The third-order valence-electron chi connectivity index (χ3n) is 4.60. The predicted octanol–water partition coefficient (Wildman–Crippen LogP) is 4.27. The van der Waals surface area contributed by atoms with Crippen LogP contribution in [0.5, 0.6) is 0 Å². The third-order valence-corrected chi connectivity index (χ3v) is 4.60. The minimum atomic E-state index is -0.255. The molecule has 0 aliphatic rings. The molecule has 5 rings (SSSR count). The van der Waals surface area contributed by atoms with E-state index in [0.29, 0.717) is 17.1 Å². The normalized spacial score (nSPS) is 10.9. The lowest BCUT2D eigenvalue weighted by atomic mass is 10.2. The number of para-hydroxylation sites is 2. The summed E-state index contributed by atoms with van der Waals surface area (Å²) in [5.74, 6) is 0.536. The molecule has 1 amide bonds. The van der Waals surface area contributed by atoms with E-state index in [-0.39, 0.29) is 5.91 Å². The van der Waals surface area contributed by atoms with Crippen molar-refractivity contribution in [1.82, 2.24) is 25.1 Å². The zero-order chi connectivity index (χ0) is 19.6. The van der Waals surface area contributed by atoms with Gasteiger partial charge in [-0.05, 0) is 54.6 Å². The Kier molecular flexibility index (Phi) is 4.10. The number of aromatic nitrogens is 5. The Hall–Kier alpha value is -4.26. The Morgan fingerprint density at radius 2 is 1.69 bits per heavy atom. The summed E-state index contributed by atoms with van der Waals surface area (Å²) < 4.78 is 0. The van der Waals surface area contributed by atoms with Gasteiger partial charge in [0.25, 0.3) is 5.91 Å². The van der Waals surface area contributed by atoms with E-state index < -0.39 is 0 Å². The van der Waals surface area contributed by atoms with Crippen LogP contribution in [0.15, 0.2) is 79.1 Å². The lowest BCUT2D eigenvalue weighted by Crippen LogP contribution is -2.12. The third kappa shape index (κ3) is 3.37. The van der Waals surface area contributed by atoms with Crippen molar-refractivity contribution in [3.05, 3.63) is 84.8 Å². The summed E-state index contributed by atoms with van der Waals surface area (Å²) in [5.41, 5.74) is 5.52. The Labute approximate surface area is 165 Å². The molecule has 2 aromatic carbocycles. The summed E-state index contributed by atoms with van der Waals surface area (Å²) in [6.45, 7) is 0. The van der Waals surface area contributed by atoms with Gasteiger partial charge in [0.1, 0.15) is 11.5 Å². The molecule has 0 aliphatic carbocycles. The summed E-state index contributed by atoms with van der Waals surface area (Å²) >= 11 is 0. The van der Waals surface area contributed by atoms with E-state index in [0.717, 1.165) is 28.0 Å². The molecule has 0 spiro atoms. The fourth-order valence-corrected chi connectivity index (χ4v) is 3.11. The average molecular weight is 380 g/mol. The number of anilines is 1. The topological polar surface area (TPSA) is 99.3 Å². The first-order valence-electron chi connectivity index (χ1n) is 9.09. The van der Waals surface area contributed by atoms with Crippen LogP contribution in [-0.2, 0) is 0 Å². The molecule has 0 fully saturated rings. The maximum atomic E-state index is 12.5. The van der Waals surface area contributed by atoms with E-state index in [4.69, 9.17) is 0 Å². The Bertz CT molecular complexity index is 1250. The zero-order valence-corrected chi connectivity index (χ0v) is 15.3. The Morgan fingerprint density at radius 3 is 2.48 bits per heavy atom. The molecule has 3 heterocycles. The number of carbonyl (C=O) groups is 1. The number of benzene rings is 2. The number of carbonyl (C=O) groups excluding carboxylic acids is 1. The fourth-order valence-electron chi connectivity index (χ4n) is 3.11. The molecule has 0 saturated heterocycles. The number of imidazole rings is 1.